The van der Waals surface area contributed by atoms with E-state index in [1.807, 2.05) is 23.3 Å². The Morgan fingerprint density at radius 1 is 1.13 bits per heavy atom. The molecule has 0 saturated carbocycles. The van der Waals surface area contributed by atoms with Crippen molar-refractivity contribution in [2.24, 2.45) is 0 Å². The van der Waals surface area contributed by atoms with Crippen molar-refractivity contribution >= 4 is 29.5 Å². The minimum absolute atomic E-state index is 0.0769. The summed E-state index contributed by atoms with van der Waals surface area (Å²) < 4.78 is 0. The van der Waals surface area contributed by atoms with Gasteiger partial charge in [0.1, 0.15) is 6.04 Å². The molecule has 0 N–H and O–H groups in total. The van der Waals surface area contributed by atoms with Gasteiger partial charge in [-0.1, -0.05) is 18.2 Å². The molecule has 3 amide bonds. The molecule has 1 saturated heterocycles. The summed E-state index contributed by atoms with van der Waals surface area (Å²) in [7, 11) is 0. The summed E-state index contributed by atoms with van der Waals surface area (Å²) in [6.45, 7) is 0.622. The van der Waals surface area contributed by atoms with Gasteiger partial charge in [-0.3, -0.25) is 24.3 Å². The maximum absolute atomic E-state index is 13.8. The molecule has 3 heterocycles. The van der Waals surface area contributed by atoms with E-state index in [-0.39, 0.29) is 23.8 Å². The van der Waals surface area contributed by atoms with Crippen molar-refractivity contribution in [3.05, 3.63) is 65.5 Å². The summed E-state index contributed by atoms with van der Waals surface area (Å²) in [5.41, 5.74) is 1.76. The fourth-order valence-corrected chi connectivity index (χ4v) is 4.85. The number of imide groups is 1. The van der Waals surface area contributed by atoms with Gasteiger partial charge in [-0.2, -0.15) is 11.8 Å². The van der Waals surface area contributed by atoms with Gasteiger partial charge in [-0.25, -0.2) is 0 Å². The number of thioether (sulfide) groups is 1. The highest BCUT2D eigenvalue weighted by Crippen LogP contribution is 2.33. The van der Waals surface area contributed by atoms with Crippen LogP contribution in [0.1, 0.15) is 58.0 Å². The zero-order chi connectivity index (χ0) is 21.1. The van der Waals surface area contributed by atoms with Crippen molar-refractivity contribution in [2.75, 3.05) is 18.6 Å². The third-order valence-corrected chi connectivity index (χ3v) is 6.52. The molecule has 4 rings (SSSR count). The number of likely N-dealkylation sites (tertiary alicyclic amines) is 1. The first-order valence-electron chi connectivity index (χ1n) is 10.3. The third kappa shape index (κ3) is 3.74. The number of piperidine rings is 1. The molecular formula is C23H25N3O3S. The third-order valence-electron chi connectivity index (χ3n) is 5.87. The van der Waals surface area contributed by atoms with E-state index in [4.69, 9.17) is 0 Å². The Bertz CT molecular complexity index is 915. The molecule has 2 aliphatic heterocycles. The van der Waals surface area contributed by atoms with Gasteiger partial charge in [-0.15, -0.1) is 0 Å². The van der Waals surface area contributed by atoms with Gasteiger partial charge < -0.3 is 4.90 Å². The molecule has 0 radical (unpaired) electrons. The molecule has 2 unspecified atom stereocenters. The van der Waals surface area contributed by atoms with E-state index in [0.29, 0.717) is 29.8 Å². The van der Waals surface area contributed by atoms with Crippen molar-refractivity contribution in [1.29, 1.82) is 0 Å². The van der Waals surface area contributed by atoms with Crippen LogP contribution in [0.5, 0.6) is 0 Å². The van der Waals surface area contributed by atoms with Crippen molar-refractivity contribution in [3.63, 3.8) is 0 Å². The quantitative estimate of drug-likeness (QED) is 0.665. The first kappa shape index (κ1) is 20.6. The first-order chi connectivity index (χ1) is 14.6. The first-order valence-corrected chi connectivity index (χ1v) is 11.7. The maximum Gasteiger partial charge on any atom is 0.262 e. The standard InChI is InChI=1S/C23H25N3O3S/c1-30-14-11-20(26-21(27)17-8-2-3-9-18(17)22(26)28)23(29)25-13-5-4-10-19(25)16-7-6-12-24-15-16/h2-3,6-9,12,15,19-20H,4-5,10-11,13-14H2,1H3. The molecule has 1 aromatic heterocycles. The number of benzene rings is 1. The average molecular weight is 424 g/mol. The smallest absolute Gasteiger partial charge is 0.262 e. The Kier molecular flexibility index (Phi) is 6.18. The van der Waals surface area contributed by atoms with Crippen LogP contribution in [-0.4, -0.2) is 57.1 Å². The molecule has 2 aromatic rings. The molecule has 0 spiro atoms. The van der Waals surface area contributed by atoms with Crippen molar-refractivity contribution < 1.29 is 14.4 Å². The molecule has 7 heteroatoms. The van der Waals surface area contributed by atoms with Crippen LogP contribution in [0.2, 0.25) is 0 Å². The lowest BCUT2D eigenvalue weighted by atomic mass is 9.95. The SMILES string of the molecule is CSCCC(C(=O)N1CCCCC1c1cccnc1)N1C(=O)c2ccccc2C1=O. The molecule has 6 nitrogen and oxygen atoms in total. The number of carbonyl (C=O) groups excluding carboxylic acids is 3. The second-order valence-electron chi connectivity index (χ2n) is 7.65. The van der Waals surface area contributed by atoms with Gasteiger partial charge >= 0.3 is 0 Å². The lowest BCUT2D eigenvalue weighted by Gasteiger charge is -2.39. The van der Waals surface area contributed by atoms with Gasteiger partial charge in [-0.05, 0) is 61.5 Å². The Morgan fingerprint density at radius 2 is 1.87 bits per heavy atom. The number of pyridine rings is 1. The molecule has 0 bridgehead atoms. The number of aromatic nitrogens is 1. The Morgan fingerprint density at radius 3 is 2.50 bits per heavy atom. The number of hydrogen-bond donors (Lipinski definition) is 0. The Labute approximate surface area is 180 Å². The molecule has 156 valence electrons. The summed E-state index contributed by atoms with van der Waals surface area (Å²) in [5.74, 6) is -0.197. The topological polar surface area (TPSA) is 70.6 Å². The number of amides is 3. The number of nitrogens with zero attached hydrogens (tertiary/aromatic N) is 3. The number of hydrogen-bond acceptors (Lipinski definition) is 5. The van der Waals surface area contributed by atoms with E-state index in [1.54, 1.807) is 48.4 Å². The summed E-state index contributed by atoms with van der Waals surface area (Å²) >= 11 is 1.61. The summed E-state index contributed by atoms with van der Waals surface area (Å²) in [4.78, 5) is 47.2. The number of carbonyl (C=O) groups is 3. The van der Waals surface area contributed by atoms with Crippen LogP contribution in [0.25, 0.3) is 0 Å². The van der Waals surface area contributed by atoms with E-state index < -0.39 is 6.04 Å². The normalized spacial score (nSPS) is 19.7. The minimum atomic E-state index is -0.790. The van der Waals surface area contributed by atoms with Crippen LogP contribution in [0.15, 0.2) is 48.8 Å². The van der Waals surface area contributed by atoms with E-state index >= 15 is 0 Å². The predicted octanol–water partition coefficient (Wildman–Crippen LogP) is 3.55. The molecule has 2 aliphatic rings. The van der Waals surface area contributed by atoms with Crippen LogP contribution in [-0.2, 0) is 4.79 Å². The average Bonchev–Trinajstić information content (AvgIpc) is 3.05. The lowest BCUT2D eigenvalue weighted by molar-refractivity contribution is -0.139. The van der Waals surface area contributed by atoms with Crippen molar-refractivity contribution in [2.45, 2.75) is 37.8 Å². The molecule has 30 heavy (non-hydrogen) atoms. The van der Waals surface area contributed by atoms with Crippen LogP contribution in [0, 0.1) is 0 Å². The van der Waals surface area contributed by atoms with Gasteiger partial charge in [0.05, 0.1) is 17.2 Å². The maximum atomic E-state index is 13.8. The van der Waals surface area contributed by atoms with E-state index in [2.05, 4.69) is 4.98 Å². The fourth-order valence-electron chi connectivity index (χ4n) is 4.39. The molecule has 2 atom stereocenters. The fraction of sp³-hybridized carbons (Fsp3) is 0.391. The highest BCUT2D eigenvalue weighted by atomic mass is 32.2. The second-order valence-corrected chi connectivity index (χ2v) is 8.64. The van der Waals surface area contributed by atoms with Crippen LogP contribution >= 0.6 is 11.8 Å². The molecule has 0 aliphatic carbocycles. The van der Waals surface area contributed by atoms with Gasteiger partial charge in [0, 0.05) is 18.9 Å². The van der Waals surface area contributed by atoms with E-state index in [0.717, 1.165) is 24.8 Å². The van der Waals surface area contributed by atoms with E-state index in [1.165, 1.54) is 4.90 Å². The van der Waals surface area contributed by atoms with Crippen LogP contribution in [0.4, 0.5) is 0 Å². The monoisotopic (exact) mass is 423 g/mol. The molecular weight excluding hydrogens is 398 g/mol. The Hall–Kier alpha value is -2.67. The largest absolute Gasteiger partial charge is 0.334 e. The highest BCUT2D eigenvalue weighted by molar-refractivity contribution is 7.98. The summed E-state index contributed by atoms with van der Waals surface area (Å²) in [6.07, 6.45) is 8.74. The number of fused-ring (bicyclic) bond motifs is 1. The molecule has 1 aromatic carbocycles. The zero-order valence-corrected chi connectivity index (χ0v) is 17.8. The zero-order valence-electron chi connectivity index (χ0n) is 17.0. The second kappa shape index (κ2) is 9.00. The molecule has 1 fully saturated rings. The van der Waals surface area contributed by atoms with Crippen molar-refractivity contribution in [3.8, 4) is 0 Å². The predicted molar refractivity (Wildman–Crippen MR) is 116 cm³/mol. The van der Waals surface area contributed by atoms with Gasteiger partial charge in [0.25, 0.3) is 11.8 Å². The summed E-state index contributed by atoms with van der Waals surface area (Å²) in [6, 6.07) is 9.80. The summed E-state index contributed by atoms with van der Waals surface area (Å²) in [5, 5.41) is 0. The van der Waals surface area contributed by atoms with Crippen molar-refractivity contribution in [1.82, 2.24) is 14.8 Å². The van der Waals surface area contributed by atoms with E-state index in [9.17, 15) is 14.4 Å². The Balaban J connectivity index is 1.66. The van der Waals surface area contributed by atoms with Gasteiger partial charge in [0.15, 0.2) is 0 Å². The highest BCUT2D eigenvalue weighted by Gasteiger charge is 2.44. The van der Waals surface area contributed by atoms with Gasteiger partial charge in [0.2, 0.25) is 5.91 Å². The minimum Gasteiger partial charge on any atom is -0.334 e. The van der Waals surface area contributed by atoms with Crippen LogP contribution in [0.3, 0.4) is 0 Å². The van der Waals surface area contributed by atoms with Crippen LogP contribution < -0.4 is 0 Å². The lowest BCUT2D eigenvalue weighted by Crippen LogP contribution is -2.53. The number of rotatable bonds is 6.